The molecule has 1 aromatic heterocycles. The molecule has 0 amide bonds. The normalized spacial score (nSPS) is 12.3. The molecule has 0 bridgehead atoms. The molecule has 0 aliphatic carbocycles. The first-order chi connectivity index (χ1) is 12.0. The van der Waals surface area contributed by atoms with E-state index in [0.717, 1.165) is 16.9 Å². The van der Waals surface area contributed by atoms with Gasteiger partial charge in [0, 0.05) is 5.02 Å². The largest absolute Gasteiger partial charge is 0.279 e. The minimum atomic E-state index is -3.63. The van der Waals surface area contributed by atoms with Crippen LogP contribution in [0.3, 0.4) is 0 Å². The highest BCUT2D eigenvalue weighted by Gasteiger charge is 2.19. The van der Waals surface area contributed by atoms with Gasteiger partial charge in [-0.25, -0.2) is 8.42 Å². The van der Waals surface area contributed by atoms with Gasteiger partial charge in [-0.15, -0.1) is 11.3 Å². The molecule has 4 nitrogen and oxygen atoms in total. The third kappa shape index (κ3) is 3.85. The number of anilines is 1. The van der Waals surface area contributed by atoms with Gasteiger partial charge in [-0.1, -0.05) is 54.1 Å². The summed E-state index contributed by atoms with van der Waals surface area (Å²) < 4.78 is 27.3. The molecule has 0 aliphatic heterocycles. The highest BCUT2D eigenvalue weighted by atomic mass is 35.5. The fourth-order valence-electron chi connectivity index (χ4n) is 2.42. The Morgan fingerprint density at radius 2 is 1.84 bits per heavy atom. The van der Waals surface area contributed by atoms with Gasteiger partial charge >= 0.3 is 0 Å². The zero-order chi connectivity index (χ0) is 17.9. The summed E-state index contributed by atoms with van der Waals surface area (Å²) in [6, 6.07) is 19.6. The van der Waals surface area contributed by atoms with Crippen LogP contribution in [0.15, 0.2) is 70.3 Å². The summed E-state index contributed by atoms with van der Waals surface area (Å²) in [5, 5.41) is 11.6. The molecule has 0 unspecified atom stereocenters. The van der Waals surface area contributed by atoms with Crippen LogP contribution < -0.4 is 4.72 Å². The number of hydrogen-bond donors (Lipinski definition) is 1. The molecule has 3 rings (SSSR count). The molecule has 7 heteroatoms. The lowest BCUT2D eigenvalue weighted by atomic mass is 9.92. The number of sulfonamides is 1. The predicted octanol–water partition coefficient (Wildman–Crippen LogP) is 4.86. The van der Waals surface area contributed by atoms with Crippen LogP contribution in [0.1, 0.15) is 17.0 Å². The first-order valence-corrected chi connectivity index (χ1v) is 10.1. The molecule has 126 valence electrons. The van der Waals surface area contributed by atoms with Crippen LogP contribution in [-0.2, 0) is 10.0 Å². The molecular formula is C18H13ClN2O2S2. The Morgan fingerprint density at radius 3 is 2.44 bits per heavy atom. The second kappa shape index (κ2) is 7.28. The SMILES string of the molecule is N#C[C@H](c1ccccc1)c1ccc(NS(=O)(=O)c2cccs2)cc1Cl. The topological polar surface area (TPSA) is 70.0 Å². The van der Waals surface area contributed by atoms with Gasteiger partial charge in [-0.2, -0.15) is 5.26 Å². The Balaban J connectivity index is 1.90. The monoisotopic (exact) mass is 388 g/mol. The first kappa shape index (κ1) is 17.5. The minimum absolute atomic E-state index is 0.229. The van der Waals surface area contributed by atoms with Crippen molar-refractivity contribution in [2.45, 2.75) is 10.1 Å². The number of thiophene rings is 1. The lowest BCUT2D eigenvalue weighted by Gasteiger charge is -2.14. The van der Waals surface area contributed by atoms with Crippen molar-refractivity contribution in [3.05, 3.63) is 82.2 Å². The van der Waals surface area contributed by atoms with E-state index >= 15 is 0 Å². The van der Waals surface area contributed by atoms with Gasteiger partial charge in [0.1, 0.15) is 4.21 Å². The summed E-state index contributed by atoms with van der Waals surface area (Å²) in [7, 11) is -3.63. The Bertz CT molecular complexity index is 1010. The van der Waals surface area contributed by atoms with Crippen LogP contribution >= 0.6 is 22.9 Å². The Labute approximate surface area is 155 Å². The molecule has 0 aliphatic rings. The Morgan fingerprint density at radius 1 is 1.08 bits per heavy atom. The van der Waals surface area contributed by atoms with E-state index in [0.29, 0.717) is 16.3 Å². The number of rotatable bonds is 5. The smallest absolute Gasteiger partial charge is 0.271 e. The molecule has 1 N–H and O–H groups in total. The van der Waals surface area contributed by atoms with Gasteiger partial charge in [0.15, 0.2) is 0 Å². The fourth-order valence-corrected chi connectivity index (χ4v) is 4.75. The Kier molecular flexibility index (Phi) is 5.09. The molecule has 25 heavy (non-hydrogen) atoms. The average molecular weight is 389 g/mol. The van der Waals surface area contributed by atoms with E-state index in [1.807, 2.05) is 30.3 Å². The molecule has 2 aromatic carbocycles. The Hall–Kier alpha value is -2.33. The van der Waals surface area contributed by atoms with Crippen LogP contribution in [0.2, 0.25) is 5.02 Å². The molecule has 0 spiro atoms. The van der Waals surface area contributed by atoms with Gasteiger partial charge in [-0.3, -0.25) is 4.72 Å². The minimum Gasteiger partial charge on any atom is -0.279 e. The van der Waals surface area contributed by atoms with Gasteiger partial charge < -0.3 is 0 Å². The number of halogens is 1. The second-order valence-corrected chi connectivity index (χ2v) is 8.51. The van der Waals surface area contributed by atoms with Crippen molar-refractivity contribution in [3.63, 3.8) is 0 Å². The molecule has 0 saturated heterocycles. The van der Waals surface area contributed by atoms with Gasteiger partial charge in [-0.05, 0) is 34.7 Å². The number of nitrogens with zero attached hydrogens (tertiary/aromatic N) is 1. The molecule has 1 heterocycles. The van der Waals surface area contributed by atoms with Crippen molar-refractivity contribution >= 4 is 38.6 Å². The van der Waals surface area contributed by atoms with E-state index < -0.39 is 15.9 Å². The maximum atomic E-state index is 12.3. The molecule has 3 aromatic rings. The molecule has 0 saturated carbocycles. The summed E-state index contributed by atoms with van der Waals surface area (Å²) in [5.41, 5.74) is 1.82. The van der Waals surface area contributed by atoms with Crippen molar-refractivity contribution < 1.29 is 8.42 Å². The van der Waals surface area contributed by atoms with E-state index in [1.165, 1.54) is 12.1 Å². The summed E-state index contributed by atoms with van der Waals surface area (Å²) in [6.45, 7) is 0. The maximum Gasteiger partial charge on any atom is 0.271 e. The maximum absolute atomic E-state index is 12.3. The average Bonchev–Trinajstić information content (AvgIpc) is 3.14. The van der Waals surface area contributed by atoms with Crippen molar-refractivity contribution in [2.75, 3.05) is 4.72 Å². The summed E-state index contributed by atoms with van der Waals surface area (Å²) in [5.74, 6) is -0.517. The predicted molar refractivity (Wildman–Crippen MR) is 100 cm³/mol. The van der Waals surface area contributed by atoms with Crippen LogP contribution in [0, 0.1) is 11.3 Å². The molecule has 0 radical (unpaired) electrons. The zero-order valence-corrected chi connectivity index (χ0v) is 15.3. The quantitative estimate of drug-likeness (QED) is 0.678. The van der Waals surface area contributed by atoms with Gasteiger partial charge in [0.25, 0.3) is 10.0 Å². The van der Waals surface area contributed by atoms with E-state index in [1.54, 1.807) is 23.6 Å². The van der Waals surface area contributed by atoms with Crippen LogP contribution in [0.4, 0.5) is 5.69 Å². The summed E-state index contributed by atoms with van der Waals surface area (Å²) >= 11 is 7.46. The number of benzene rings is 2. The van der Waals surface area contributed by atoms with E-state index in [-0.39, 0.29) is 4.21 Å². The van der Waals surface area contributed by atoms with Crippen molar-refractivity contribution in [1.29, 1.82) is 5.26 Å². The first-order valence-electron chi connectivity index (χ1n) is 7.31. The number of hydrogen-bond acceptors (Lipinski definition) is 4. The van der Waals surface area contributed by atoms with Gasteiger partial charge in [0.2, 0.25) is 0 Å². The van der Waals surface area contributed by atoms with E-state index in [2.05, 4.69) is 10.8 Å². The third-order valence-electron chi connectivity index (χ3n) is 3.59. The van der Waals surface area contributed by atoms with Crippen molar-refractivity contribution in [1.82, 2.24) is 0 Å². The molecule has 1 atom stereocenters. The highest BCUT2D eigenvalue weighted by Crippen LogP contribution is 2.32. The number of nitriles is 1. The summed E-state index contributed by atoms with van der Waals surface area (Å²) in [4.78, 5) is 0. The lowest BCUT2D eigenvalue weighted by Crippen LogP contribution is -2.11. The molecule has 0 fully saturated rings. The fraction of sp³-hybridized carbons (Fsp3) is 0.0556. The van der Waals surface area contributed by atoms with Crippen LogP contribution in [-0.4, -0.2) is 8.42 Å². The van der Waals surface area contributed by atoms with E-state index in [9.17, 15) is 13.7 Å². The van der Waals surface area contributed by atoms with Crippen molar-refractivity contribution in [3.8, 4) is 6.07 Å². The van der Waals surface area contributed by atoms with Crippen LogP contribution in [0.5, 0.6) is 0 Å². The van der Waals surface area contributed by atoms with E-state index in [4.69, 9.17) is 11.6 Å². The third-order valence-corrected chi connectivity index (χ3v) is 6.69. The van der Waals surface area contributed by atoms with Gasteiger partial charge in [0.05, 0.1) is 17.7 Å². The summed E-state index contributed by atoms with van der Waals surface area (Å²) in [6.07, 6.45) is 0. The lowest BCUT2D eigenvalue weighted by molar-refractivity contribution is 0.603. The zero-order valence-electron chi connectivity index (χ0n) is 12.9. The number of nitrogens with one attached hydrogen (secondary N) is 1. The molecular weight excluding hydrogens is 376 g/mol. The van der Waals surface area contributed by atoms with Crippen LogP contribution in [0.25, 0.3) is 0 Å². The second-order valence-electron chi connectivity index (χ2n) is 5.25. The highest BCUT2D eigenvalue weighted by molar-refractivity contribution is 7.94. The standard InChI is InChI=1S/C18H13ClN2O2S2/c19-17-11-14(21-25(22,23)18-7-4-10-24-18)8-9-15(17)16(12-20)13-5-2-1-3-6-13/h1-11,16,21H/t16-/m1/s1. The van der Waals surface area contributed by atoms with Crippen molar-refractivity contribution in [2.24, 2.45) is 0 Å².